The minimum absolute atomic E-state index is 0.0709. The molecule has 2 atom stereocenters. The van der Waals surface area contributed by atoms with Gasteiger partial charge in [0.15, 0.2) is 0 Å². The standard InChI is InChI=1S/C24H26N4O5/c1-32-21-12-6-5-11-19(21)22(29)27-20(23(30)28-13-7-10-18(28)14-25)15-26-24(31)33-16-17-8-3-2-4-9-17/h2-6,8-9,11-12,18,20H,7,10,13,15-16H2,1H3,(H,26,31)(H,27,29)/t18?,20-/m0/s1. The second-order valence-electron chi connectivity index (χ2n) is 7.49. The Kier molecular flexibility index (Phi) is 8.24. The Morgan fingerprint density at radius 2 is 1.88 bits per heavy atom. The zero-order valence-corrected chi connectivity index (χ0v) is 18.3. The Morgan fingerprint density at radius 3 is 2.61 bits per heavy atom. The van der Waals surface area contributed by atoms with Crippen molar-refractivity contribution in [2.45, 2.75) is 31.5 Å². The molecular weight excluding hydrogens is 424 g/mol. The number of rotatable bonds is 8. The van der Waals surface area contributed by atoms with Gasteiger partial charge in [0.2, 0.25) is 5.91 Å². The predicted molar refractivity (Wildman–Crippen MR) is 119 cm³/mol. The summed E-state index contributed by atoms with van der Waals surface area (Å²) in [4.78, 5) is 39.7. The van der Waals surface area contributed by atoms with Gasteiger partial charge in [0, 0.05) is 6.54 Å². The molecule has 0 aliphatic carbocycles. The minimum Gasteiger partial charge on any atom is -0.496 e. The molecule has 0 radical (unpaired) electrons. The van der Waals surface area contributed by atoms with Gasteiger partial charge in [-0.05, 0) is 30.5 Å². The van der Waals surface area contributed by atoms with Gasteiger partial charge >= 0.3 is 6.09 Å². The number of amides is 3. The van der Waals surface area contributed by atoms with Crippen LogP contribution in [0, 0.1) is 11.3 Å². The van der Waals surface area contributed by atoms with E-state index in [0.29, 0.717) is 25.1 Å². The number of benzene rings is 2. The number of ether oxygens (including phenoxy) is 2. The lowest BCUT2D eigenvalue weighted by Crippen LogP contribution is -2.54. The number of carbonyl (C=O) groups is 3. The van der Waals surface area contributed by atoms with Crippen molar-refractivity contribution in [2.75, 3.05) is 20.2 Å². The van der Waals surface area contributed by atoms with Crippen molar-refractivity contribution in [1.29, 1.82) is 5.26 Å². The molecule has 1 saturated heterocycles. The van der Waals surface area contributed by atoms with Crippen LogP contribution in [0.3, 0.4) is 0 Å². The van der Waals surface area contributed by atoms with Crippen molar-refractivity contribution < 1.29 is 23.9 Å². The number of nitrogens with zero attached hydrogens (tertiary/aromatic N) is 2. The van der Waals surface area contributed by atoms with E-state index in [1.54, 1.807) is 24.3 Å². The SMILES string of the molecule is COc1ccccc1C(=O)N[C@@H](CNC(=O)OCc1ccccc1)C(=O)N1CCCC1C#N. The summed E-state index contributed by atoms with van der Waals surface area (Å²) in [6.45, 7) is 0.292. The molecule has 1 heterocycles. The number of hydrogen-bond acceptors (Lipinski definition) is 6. The fourth-order valence-electron chi connectivity index (χ4n) is 3.59. The van der Waals surface area contributed by atoms with Crippen molar-refractivity contribution >= 4 is 17.9 Å². The molecule has 0 spiro atoms. The van der Waals surface area contributed by atoms with Gasteiger partial charge < -0.3 is 25.0 Å². The molecule has 3 amide bonds. The average Bonchev–Trinajstić information content (AvgIpc) is 3.34. The van der Waals surface area contributed by atoms with E-state index in [9.17, 15) is 19.6 Å². The molecule has 9 nitrogen and oxygen atoms in total. The van der Waals surface area contributed by atoms with Crippen LogP contribution in [0.1, 0.15) is 28.8 Å². The van der Waals surface area contributed by atoms with Crippen molar-refractivity contribution in [2.24, 2.45) is 0 Å². The normalized spacial score (nSPS) is 15.8. The van der Waals surface area contributed by atoms with E-state index in [2.05, 4.69) is 16.7 Å². The highest BCUT2D eigenvalue weighted by Gasteiger charge is 2.34. The molecule has 3 rings (SSSR count). The molecule has 172 valence electrons. The van der Waals surface area contributed by atoms with Gasteiger partial charge in [-0.15, -0.1) is 0 Å². The topological polar surface area (TPSA) is 121 Å². The molecule has 1 aliphatic rings. The molecule has 1 fully saturated rings. The Hall–Kier alpha value is -4.06. The molecule has 0 saturated carbocycles. The van der Waals surface area contributed by atoms with Crippen molar-refractivity contribution in [3.8, 4) is 11.8 Å². The first-order chi connectivity index (χ1) is 16.0. The number of likely N-dealkylation sites (tertiary alicyclic amines) is 1. The van der Waals surface area contributed by atoms with Crippen LogP contribution < -0.4 is 15.4 Å². The second kappa shape index (κ2) is 11.5. The van der Waals surface area contributed by atoms with Gasteiger partial charge in [0.05, 0.1) is 25.3 Å². The maximum Gasteiger partial charge on any atom is 0.407 e. The van der Waals surface area contributed by atoms with Crippen LogP contribution in [-0.2, 0) is 16.1 Å². The van der Waals surface area contributed by atoms with Crippen molar-refractivity contribution in [1.82, 2.24) is 15.5 Å². The average molecular weight is 450 g/mol. The van der Waals surface area contributed by atoms with Crippen LogP contribution >= 0.6 is 0 Å². The van der Waals surface area contributed by atoms with E-state index >= 15 is 0 Å². The van der Waals surface area contributed by atoms with E-state index < -0.39 is 30.0 Å². The largest absolute Gasteiger partial charge is 0.496 e. The summed E-state index contributed by atoms with van der Waals surface area (Å²) in [6.07, 6.45) is 0.549. The van der Waals surface area contributed by atoms with E-state index in [-0.39, 0.29) is 18.7 Å². The molecule has 0 aromatic heterocycles. The van der Waals surface area contributed by atoms with E-state index in [0.717, 1.165) is 5.56 Å². The summed E-state index contributed by atoms with van der Waals surface area (Å²) < 4.78 is 10.4. The summed E-state index contributed by atoms with van der Waals surface area (Å²) in [5, 5.41) is 14.6. The van der Waals surface area contributed by atoms with Gasteiger partial charge in [-0.25, -0.2) is 4.79 Å². The van der Waals surface area contributed by atoms with E-state index in [1.165, 1.54) is 12.0 Å². The lowest BCUT2D eigenvalue weighted by atomic mass is 10.1. The first-order valence-corrected chi connectivity index (χ1v) is 10.6. The monoisotopic (exact) mass is 450 g/mol. The Bertz CT molecular complexity index is 1020. The lowest BCUT2D eigenvalue weighted by molar-refractivity contribution is -0.133. The van der Waals surface area contributed by atoms with Gasteiger partial charge in [-0.1, -0.05) is 42.5 Å². The maximum atomic E-state index is 13.2. The molecule has 33 heavy (non-hydrogen) atoms. The molecule has 0 bridgehead atoms. The molecule has 1 unspecified atom stereocenters. The zero-order valence-electron chi connectivity index (χ0n) is 18.3. The Balaban J connectivity index is 1.68. The van der Waals surface area contributed by atoms with Gasteiger partial charge in [0.25, 0.3) is 5.91 Å². The summed E-state index contributed by atoms with van der Waals surface area (Å²) in [5.41, 5.74) is 1.07. The highest BCUT2D eigenvalue weighted by atomic mass is 16.5. The summed E-state index contributed by atoms with van der Waals surface area (Å²) in [7, 11) is 1.45. The van der Waals surface area contributed by atoms with E-state index in [1.807, 2.05) is 30.3 Å². The summed E-state index contributed by atoms with van der Waals surface area (Å²) >= 11 is 0. The summed E-state index contributed by atoms with van der Waals surface area (Å²) in [5.74, 6) is -0.615. The highest BCUT2D eigenvalue weighted by Crippen LogP contribution is 2.19. The minimum atomic E-state index is -1.08. The molecule has 2 aromatic rings. The third-order valence-corrected chi connectivity index (χ3v) is 5.30. The third-order valence-electron chi connectivity index (χ3n) is 5.30. The summed E-state index contributed by atoms with van der Waals surface area (Å²) in [6, 6.07) is 16.3. The number of para-hydroxylation sites is 1. The zero-order chi connectivity index (χ0) is 23.6. The maximum absolute atomic E-state index is 13.2. The highest BCUT2D eigenvalue weighted by molar-refractivity contribution is 6.00. The van der Waals surface area contributed by atoms with Crippen molar-refractivity contribution in [3.63, 3.8) is 0 Å². The molecule has 9 heteroatoms. The van der Waals surface area contributed by atoms with Crippen LogP contribution in [0.5, 0.6) is 5.75 Å². The quantitative estimate of drug-likeness (QED) is 0.636. The number of nitrogens with one attached hydrogen (secondary N) is 2. The number of nitriles is 1. The Labute approximate surface area is 192 Å². The van der Waals surface area contributed by atoms with Gasteiger partial charge in [-0.2, -0.15) is 5.26 Å². The van der Waals surface area contributed by atoms with Crippen LogP contribution in [0.2, 0.25) is 0 Å². The van der Waals surface area contributed by atoms with Gasteiger partial charge in [-0.3, -0.25) is 9.59 Å². The molecule has 2 N–H and O–H groups in total. The van der Waals surface area contributed by atoms with Crippen LogP contribution in [0.4, 0.5) is 4.79 Å². The number of hydrogen-bond donors (Lipinski definition) is 2. The van der Waals surface area contributed by atoms with Crippen LogP contribution in [-0.4, -0.2) is 55.1 Å². The predicted octanol–water partition coefficient (Wildman–Crippen LogP) is 2.23. The molecule has 1 aliphatic heterocycles. The first-order valence-electron chi connectivity index (χ1n) is 10.6. The smallest absolute Gasteiger partial charge is 0.407 e. The lowest BCUT2D eigenvalue weighted by Gasteiger charge is -2.26. The van der Waals surface area contributed by atoms with Gasteiger partial charge in [0.1, 0.15) is 24.4 Å². The van der Waals surface area contributed by atoms with Crippen molar-refractivity contribution in [3.05, 3.63) is 65.7 Å². The molecular formula is C24H26N4O5. The van der Waals surface area contributed by atoms with Crippen LogP contribution in [0.15, 0.2) is 54.6 Å². The fraction of sp³-hybridized carbons (Fsp3) is 0.333. The Morgan fingerprint density at radius 1 is 1.15 bits per heavy atom. The fourth-order valence-corrected chi connectivity index (χ4v) is 3.59. The number of carbonyl (C=O) groups excluding carboxylic acids is 3. The van der Waals surface area contributed by atoms with Crippen LogP contribution in [0.25, 0.3) is 0 Å². The first kappa shape index (κ1) is 23.6. The third kappa shape index (κ3) is 6.23. The van der Waals surface area contributed by atoms with E-state index in [4.69, 9.17) is 9.47 Å². The number of alkyl carbamates (subject to hydrolysis) is 1. The molecule has 2 aromatic carbocycles. The number of methoxy groups -OCH3 is 1. The second-order valence-corrected chi connectivity index (χ2v) is 7.49.